The van der Waals surface area contributed by atoms with Gasteiger partial charge in [-0.05, 0) is 106 Å². The van der Waals surface area contributed by atoms with Crippen LogP contribution in [0.5, 0.6) is 0 Å². The van der Waals surface area contributed by atoms with Crippen molar-refractivity contribution in [3.05, 3.63) is 186 Å². The molecule has 0 aliphatic heterocycles. The molecule has 1 fully saturated rings. The summed E-state index contributed by atoms with van der Waals surface area (Å²) < 4.78 is 0. The van der Waals surface area contributed by atoms with Gasteiger partial charge in [0.15, 0.2) is 0 Å². The molecule has 0 radical (unpaired) electrons. The van der Waals surface area contributed by atoms with Gasteiger partial charge in [0, 0.05) is 27.6 Å². The van der Waals surface area contributed by atoms with Crippen LogP contribution in [0.3, 0.4) is 0 Å². The second-order valence-corrected chi connectivity index (χ2v) is 13.7. The van der Waals surface area contributed by atoms with Gasteiger partial charge < -0.3 is 4.90 Å². The molecule has 7 aromatic carbocycles. The van der Waals surface area contributed by atoms with Crippen molar-refractivity contribution in [2.45, 2.75) is 36.5 Å². The normalized spacial score (nSPS) is 16.1. The van der Waals surface area contributed by atoms with Gasteiger partial charge in [0.05, 0.1) is 5.69 Å². The van der Waals surface area contributed by atoms with Crippen molar-refractivity contribution in [3.8, 4) is 22.3 Å². The van der Waals surface area contributed by atoms with Crippen LogP contribution >= 0.6 is 0 Å². The molecule has 0 N–H and O–H groups in total. The Morgan fingerprint density at radius 2 is 0.851 bits per heavy atom. The first-order chi connectivity index (χ1) is 23.3. The van der Waals surface area contributed by atoms with Crippen molar-refractivity contribution in [3.63, 3.8) is 0 Å². The van der Waals surface area contributed by atoms with Gasteiger partial charge >= 0.3 is 0 Å². The molecule has 3 aliphatic rings. The van der Waals surface area contributed by atoms with Crippen LogP contribution in [0.25, 0.3) is 33.0 Å². The lowest BCUT2D eigenvalue weighted by molar-refractivity contribution is 0.265. The van der Waals surface area contributed by atoms with E-state index in [4.69, 9.17) is 0 Å². The molecule has 2 spiro atoms. The first-order valence-electron chi connectivity index (χ1n) is 17.0. The van der Waals surface area contributed by atoms with Gasteiger partial charge in [-0.25, -0.2) is 0 Å². The summed E-state index contributed by atoms with van der Waals surface area (Å²) in [5.41, 5.74) is 15.4. The van der Waals surface area contributed by atoms with Crippen molar-refractivity contribution in [2.75, 3.05) is 4.90 Å². The third kappa shape index (κ3) is 3.72. The first kappa shape index (κ1) is 26.8. The molecule has 1 nitrogen and oxygen atoms in total. The van der Waals surface area contributed by atoms with Gasteiger partial charge in [-0.3, -0.25) is 0 Å². The van der Waals surface area contributed by atoms with Gasteiger partial charge in [-0.15, -0.1) is 0 Å². The highest BCUT2D eigenvalue weighted by Crippen LogP contribution is 2.64. The number of benzene rings is 7. The van der Waals surface area contributed by atoms with Crippen LogP contribution in [0.1, 0.15) is 47.9 Å². The number of anilines is 3. The topological polar surface area (TPSA) is 3.24 Å². The quantitative estimate of drug-likeness (QED) is 0.195. The minimum absolute atomic E-state index is 0.0131. The highest BCUT2D eigenvalue weighted by atomic mass is 15.1. The summed E-state index contributed by atoms with van der Waals surface area (Å²) >= 11 is 0. The van der Waals surface area contributed by atoms with Crippen molar-refractivity contribution in [1.29, 1.82) is 0 Å². The molecular formula is C46H35N. The van der Waals surface area contributed by atoms with E-state index >= 15 is 0 Å². The molecule has 224 valence electrons. The lowest BCUT2D eigenvalue weighted by Crippen LogP contribution is -2.39. The van der Waals surface area contributed by atoms with Gasteiger partial charge in [0.1, 0.15) is 0 Å². The molecule has 0 saturated heterocycles. The van der Waals surface area contributed by atoms with E-state index in [0.717, 1.165) is 25.7 Å². The number of rotatable bonds is 3. The molecule has 0 unspecified atom stereocenters. The molecule has 0 heterocycles. The maximum absolute atomic E-state index is 2.54. The minimum Gasteiger partial charge on any atom is -0.310 e. The van der Waals surface area contributed by atoms with Crippen molar-refractivity contribution in [1.82, 2.24) is 0 Å². The van der Waals surface area contributed by atoms with E-state index < -0.39 is 0 Å². The molecule has 7 aromatic rings. The van der Waals surface area contributed by atoms with Crippen LogP contribution in [0.15, 0.2) is 164 Å². The van der Waals surface area contributed by atoms with E-state index in [2.05, 4.69) is 169 Å². The van der Waals surface area contributed by atoms with Gasteiger partial charge in [-0.1, -0.05) is 133 Å². The van der Waals surface area contributed by atoms with Gasteiger partial charge in [-0.2, -0.15) is 0 Å². The Balaban J connectivity index is 1.14. The molecule has 0 aromatic heterocycles. The predicted octanol–water partition coefficient (Wildman–Crippen LogP) is 12.1. The number of hydrogen-bond donors (Lipinski definition) is 0. The van der Waals surface area contributed by atoms with Crippen LogP contribution in [-0.4, -0.2) is 0 Å². The number of fused-ring (bicyclic) bond motifs is 11. The Morgan fingerprint density at radius 3 is 1.49 bits per heavy atom. The van der Waals surface area contributed by atoms with Crippen LogP contribution < -0.4 is 4.90 Å². The molecule has 0 amide bonds. The first-order valence-corrected chi connectivity index (χ1v) is 17.0. The second kappa shape index (κ2) is 10.0. The summed E-state index contributed by atoms with van der Waals surface area (Å²) in [6, 6.07) is 61.2. The predicted molar refractivity (Wildman–Crippen MR) is 196 cm³/mol. The van der Waals surface area contributed by atoms with Gasteiger partial charge in [0.2, 0.25) is 0 Å². The summed E-state index contributed by atoms with van der Waals surface area (Å²) in [4.78, 5) is 2.47. The Labute approximate surface area is 276 Å². The monoisotopic (exact) mass is 601 g/mol. The highest BCUT2D eigenvalue weighted by Gasteiger charge is 2.53. The van der Waals surface area contributed by atoms with E-state index in [-0.39, 0.29) is 10.8 Å². The zero-order chi connectivity index (χ0) is 31.0. The van der Waals surface area contributed by atoms with Crippen molar-refractivity contribution in [2.24, 2.45) is 0 Å². The fraction of sp³-hybridized carbons (Fsp3) is 0.130. The SMILES string of the molecule is c1ccc(N(c2ccc3c(c2)C2(CCC4(CC2)c2ccccc2-c2ccccc24)c2ccccc2-3)c2cccc3ccccc23)cc1. The summed E-state index contributed by atoms with van der Waals surface area (Å²) in [6.07, 6.45) is 4.54. The van der Waals surface area contributed by atoms with Crippen molar-refractivity contribution >= 4 is 27.8 Å². The average molecular weight is 602 g/mol. The van der Waals surface area contributed by atoms with Crippen LogP contribution in [0.4, 0.5) is 17.1 Å². The summed E-state index contributed by atoms with van der Waals surface area (Å²) in [5, 5.41) is 2.51. The fourth-order valence-electron chi connectivity index (χ4n) is 9.59. The summed E-state index contributed by atoms with van der Waals surface area (Å²) in [6.45, 7) is 0. The molecular weight excluding hydrogens is 567 g/mol. The lowest BCUT2D eigenvalue weighted by Gasteiger charge is -2.45. The molecule has 10 rings (SSSR count). The van der Waals surface area contributed by atoms with Crippen LogP contribution in [0, 0.1) is 0 Å². The highest BCUT2D eigenvalue weighted by molar-refractivity contribution is 5.99. The Bertz CT molecular complexity index is 2270. The van der Waals surface area contributed by atoms with E-state index in [0.29, 0.717) is 0 Å². The molecule has 0 atom stereocenters. The lowest BCUT2D eigenvalue weighted by atomic mass is 9.57. The third-order valence-corrected chi connectivity index (χ3v) is 11.7. The molecule has 1 heteroatoms. The Kier molecular flexibility index (Phi) is 5.73. The molecule has 1 saturated carbocycles. The van der Waals surface area contributed by atoms with Crippen LogP contribution in [-0.2, 0) is 10.8 Å². The zero-order valence-electron chi connectivity index (χ0n) is 26.4. The molecule has 3 aliphatic carbocycles. The van der Waals surface area contributed by atoms with E-state index in [9.17, 15) is 0 Å². The van der Waals surface area contributed by atoms with E-state index in [1.165, 1.54) is 72.3 Å². The standard InChI is InChI=1S/C46H35N/c1-2-15-33(16-3-1)47(44-24-12-14-32-13-4-5-17-35(32)44)34-25-26-39-38-20-8-11-23-42(38)46(43(39)31-34)29-27-45(28-30-46)40-21-9-6-18-36(40)37-19-7-10-22-41(37)45/h1-26,31H,27-30H2. The minimum atomic E-state index is -0.0131. The summed E-state index contributed by atoms with van der Waals surface area (Å²) in [5.74, 6) is 0. The van der Waals surface area contributed by atoms with Crippen LogP contribution in [0.2, 0.25) is 0 Å². The Morgan fingerprint density at radius 1 is 0.362 bits per heavy atom. The molecule has 0 bridgehead atoms. The second-order valence-electron chi connectivity index (χ2n) is 13.7. The maximum Gasteiger partial charge on any atom is 0.0540 e. The number of hydrogen-bond acceptors (Lipinski definition) is 1. The zero-order valence-corrected chi connectivity index (χ0v) is 26.4. The van der Waals surface area contributed by atoms with Crippen molar-refractivity contribution < 1.29 is 0 Å². The Hall–Kier alpha value is -5.40. The number of para-hydroxylation sites is 1. The van der Waals surface area contributed by atoms with E-state index in [1.54, 1.807) is 0 Å². The van der Waals surface area contributed by atoms with Gasteiger partial charge in [0.25, 0.3) is 0 Å². The smallest absolute Gasteiger partial charge is 0.0540 e. The maximum atomic E-state index is 2.54. The fourth-order valence-corrected chi connectivity index (χ4v) is 9.59. The van der Waals surface area contributed by atoms with E-state index in [1.807, 2.05) is 0 Å². The third-order valence-electron chi connectivity index (χ3n) is 11.7. The average Bonchev–Trinajstić information content (AvgIpc) is 3.57. The molecule has 47 heavy (non-hydrogen) atoms. The summed E-state index contributed by atoms with van der Waals surface area (Å²) in [7, 11) is 0. The number of nitrogens with zero attached hydrogens (tertiary/aromatic N) is 1. The largest absolute Gasteiger partial charge is 0.310 e.